The number of rotatable bonds is 4. The van der Waals surface area contributed by atoms with Crippen molar-refractivity contribution in [3.8, 4) is 0 Å². The van der Waals surface area contributed by atoms with Gasteiger partial charge < -0.3 is 5.32 Å². The zero-order chi connectivity index (χ0) is 11.4. The minimum absolute atomic E-state index is 0.408. The van der Waals surface area contributed by atoms with E-state index < -0.39 is 11.6 Å². The minimum Gasteiger partial charge on any atom is -0.312 e. The number of hydrogen-bond acceptors (Lipinski definition) is 2. The number of thioether (sulfide) groups is 1. The van der Waals surface area contributed by atoms with Crippen LogP contribution in [0.2, 0.25) is 0 Å². The minimum atomic E-state index is -0.768. The third-order valence-electron chi connectivity index (χ3n) is 2.80. The summed E-state index contributed by atoms with van der Waals surface area (Å²) in [6.07, 6.45) is 1.23. The van der Waals surface area contributed by atoms with Gasteiger partial charge in [-0.1, -0.05) is 12.1 Å². The first kappa shape index (κ1) is 11.9. The van der Waals surface area contributed by atoms with Crippen LogP contribution in [0.4, 0.5) is 8.78 Å². The lowest BCUT2D eigenvalue weighted by Gasteiger charge is -2.10. The molecular weight excluding hydrogens is 228 g/mol. The summed E-state index contributed by atoms with van der Waals surface area (Å²) in [6, 6.07) is 4.31. The Labute approximate surface area is 98.6 Å². The molecule has 1 aromatic carbocycles. The molecule has 1 saturated heterocycles. The first-order valence-electron chi connectivity index (χ1n) is 5.48. The zero-order valence-electron chi connectivity index (χ0n) is 9.01. The molecule has 1 unspecified atom stereocenters. The van der Waals surface area contributed by atoms with Crippen molar-refractivity contribution in [1.82, 2.24) is 5.32 Å². The molecule has 1 N–H and O–H groups in total. The summed E-state index contributed by atoms with van der Waals surface area (Å²) in [7, 11) is 0. The van der Waals surface area contributed by atoms with E-state index in [9.17, 15) is 8.78 Å². The molecule has 1 aromatic rings. The summed E-state index contributed by atoms with van der Waals surface area (Å²) < 4.78 is 26.2. The van der Waals surface area contributed by atoms with Gasteiger partial charge in [0, 0.05) is 12.1 Å². The fourth-order valence-corrected chi connectivity index (χ4v) is 3.12. The summed E-state index contributed by atoms with van der Waals surface area (Å²) in [5, 5.41) is 3.19. The second-order valence-electron chi connectivity index (χ2n) is 4.07. The van der Waals surface area contributed by atoms with Crippen molar-refractivity contribution in [1.29, 1.82) is 0 Å². The van der Waals surface area contributed by atoms with Crippen molar-refractivity contribution in [3.05, 3.63) is 35.4 Å². The van der Waals surface area contributed by atoms with Crippen LogP contribution in [0.3, 0.4) is 0 Å². The van der Waals surface area contributed by atoms with Crippen molar-refractivity contribution in [2.75, 3.05) is 18.1 Å². The average Bonchev–Trinajstić information content (AvgIpc) is 2.77. The van der Waals surface area contributed by atoms with Gasteiger partial charge in [0.15, 0.2) is 11.6 Å². The molecule has 16 heavy (non-hydrogen) atoms. The Kier molecular flexibility index (Phi) is 4.18. The van der Waals surface area contributed by atoms with Gasteiger partial charge in [-0.3, -0.25) is 0 Å². The van der Waals surface area contributed by atoms with Crippen LogP contribution in [0.15, 0.2) is 18.2 Å². The molecule has 0 saturated carbocycles. The third kappa shape index (κ3) is 2.95. The highest BCUT2D eigenvalue weighted by Crippen LogP contribution is 2.22. The molecule has 88 valence electrons. The number of benzene rings is 1. The molecular formula is C12H15F2NS. The highest BCUT2D eigenvalue weighted by Gasteiger charge is 2.15. The van der Waals surface area contributed by atoms with Crippen molar-refractivity contribution in [2.24, 2.45) is 5.92 Å². The first-order valence-corrected chi connectivity index (χ1v) is 6.64. The van der Waals surface area contributed by atoms with Crippen LogP contribution in [0, 0.1) is 17.6 Å². The lowest BCUT2D eigenvalue weighted by atomic mass is 10.1. The number of hydrogen-bond donors (Lipinski definition) is 1. The van der Waals surface area contributed by atoms with Gasteiger partial charge in [0.25, 0.3) is 0 Å². The van der Waals surface area contributed by atoms with E-state index in [0.717, 1.165) is 12.6 Å². The molecule has 0 spiro atoms. The predicted molar refractivity (Wildman–Crippen MR) is 63.5 cm³/mol. The van der Waals surface area contributed by atoms with Crippen molar-refractivity contribution in [2.45, 2.75) is 13.0 Å². The molecule has 2 rings (SSSR count). The van der Waals surface area contributed by atoms with Crippen LogP contribution in [0.1, 0.15) is 12.0 Å². The number of halogens is 2. The molecule has 1 nitrogen and oxygen atoms in total. The van der Waals surface area contributed by atoms with Gasteiger partial charge in [-0.25, -0.2) is 8.78 Å². The summed E-state index contributed by atoms with van der Waals surface area (Å²) in [6.45, 7) is 1.30. The Hall–Kier alpha value is -0.610. The van der Waals surface area contributed by atoms with E-state index in [1.54, 1.807) is 12.1 Å². The van der Waals surface area contributed by atoms with E-state index in [0.29, 0.717) is 18.0 Å². The Bertz CT molecular complexity index is 351. The van der Waals surface area contributed by atoms with E-state index in [4.69, 9.17) is 0 Å². The molecule has 1 heterocycles. The smallest absolute Gasteiger partial charge is 0.163 e. The first-order chi connectivity index (χ1) is 7.77. The van der Waals surface area contributed by atoms with Crippen LogP contribution >= 0.6 is 11.8 Å². The molecule has 0 amide bonds. The molecule has 1 aliphatic rings. The monoisotopic (exact) mass is 243 g/mol. The molecule has 1 aliphatic heterocycles. The third-order valence-corrected chi connectivity index (χ3v) is 4.04. The molecule has 4 heteroatoms. The molecule has 1 atom stereocenters. The van der Waals surface area contributed by atoms with Crippen LogP contribution in [-0.4, -0.2) is 18.1 Å². The highest BCUT2D eigenvalue weighted by atomic mass is 32.2. The maximum atomic E-state index is 13.3. The summed E-state index contributed by atoms with van der Waals surface area (Å²) in [4.78, 5) is 0. The van der Waals surface area contributed by atoms with Crippen LogP contribution in [0.5, 0.6) is 0 Å². The quantitative estimate of drug-likeness (QED) is 0.872. The molecule has 0 radical (unpaired) electrons. The summed E-state index contributed by atoms with van der Waals surface area (Å²) >= 11 is 1.96. The highest BCUT2D eigenvalue weighted by molar-refractivity contribution is 7.99. The number of nitrogens with one attached hydrogen (secondary N) is 1. The summed E-state index contributed by atoms with van der Waals surface area (Å²) in [5.41, 5.74) is 0.408. The van der Waals surface area contributed by atoms with E-state index >= 15 is 0 Å². The van der Waals surface area contributed by atoms with E-state index in [-0.39, 0.29) is 0 Å². The van der Waals surface area contributed by atoms with Gasteiger partial charge >= 0.3 is 0 Å². The average molecular weight is 243 g/mol. The standard InChI is InChI=1S/C12H15F2NS/c13-11-3-1-2-10(12(11)14)7-15-6-9-4-5-16-8-9/h1-3,9,15H,4-8H2. The van der Waals surface area contributed by atoms with E-state index in [1.165, 1.54) is 17.9 Å². The Morgan fingerprint density at radius 1 is 1.38 bits per heavy atom. The van der Waals surface area contributed by atoms with Gasteiger partial charge in [-0.05, 0) is 36.5 Å². The normalized spacial score (nSPS) is 20.2. The molecule has 0 aliphatic carbocycles. The van der Waals surface area contributed by atoms with Gasteiger partial charge in [0.1, 0.15) is 0 Å². The van der Waals surface area contributed by atoms with Gasteiger partial charge in [-0.2, -0.15) is 11.8 Å². The lowest BCUT2D eigenvalue weighted by molar-refractivity contribution is 0.480. The van der Waals surface area contributed by atoms with Crippen LogP contribution < -0.4 is 5.32 Å². The zero-order valence-corrected chi connectivity index (χ0v) is 9.83. The van der Waals surface area contributed by atoms with E-state index in [1.807, 2.05) is 11.8 Å². The second-order valence-corrected chi connectivity index (χ2v) is 5.22. The topological polar surface area (TPSA) is 12.0 Å². The summed E-state index contributed by atoms with van der Waals surface area (Å²) in [5.74, 6) is 1.59. The maximum Gasteiger partial charge on any atom is 0.163 e. The fraction of sp³-hybridized carbons (Fsp3) is 0.500. The van der Waals surface area contributed by atoms with Crippen molar-refractivity contribution in [3.63, 3.8) is 0 Å². The van der Waals surface area contributed by atoms with Crippen molar-refractivity contribution < 1.29 is 8.78 Å². The SMILES string of the molecule is Fc1cccc(CNCC2CCSC2)c1F. The van der Waals surface area contributed by atoms with Gasteiger partial charge in [0.2, 0.25) is 0 Å². The molecule has 0 aromatic heterocycles. The maximum absolute atomic E-state index is 13.3. The Morgan fingerprint density at radius 3 is 3.00 bits per heavy atom. The van der Waals surface area contributed by atoms with Crippen LogP contribution in [0.25, 0.3) is 0 Å². The fourth-order valence-electron chi connectivity index (χ4n) is 1.84. The van der Waals surface area contributed by atoms with Gasteiger partial charge in [-0.15, -0.1) is 0 Å². The Balaban J connectivity index is 1.82. The molecule has 0 bridgehead atoms. The van der Waals surface area contributed by atoms with Crippen LogP contribution in [-0.2, 0) is 6.54 Å². The predicted octanol–water partition coefficient (Wildman–Crippen LogP) is 2.81. The molecule has 1 fully saturated rings. The second kappa shape index (κ2) is 5.64. The van der Waals surface area contributed by atoms with Gasteiger partial charge in [0.05, 0.1) is 0 Å². The van der Waals surface area contributed by atoms with E-state index in [2.05, 4.69) is 5.32 Å². The largest absolute Gasteiger partial charge is 0.312 e. The Morgan fingerprint density at radius 2 is 2.25 bits per heavy atom. The van der Waals surface area contributed by atoms with Crippen molar-refractivity contribution >= 4 is 11.8 Å². The lowest BCUT2D eigenvalue weighted by Crippen LogP contribution is -2.22.